The average Bonchev–Trinajstić information content (AvgIpc) is 3.87. The SMILES string of the molecule is CC(C)(C)c1ccc(-c2nc3c(ccc4c3c3[c-]c(-c5cc(-c6ccc(C7CCC8(CCCCC8)CC7)cc6)ccn5)ccc3c3cccn34)s2)c(O)c1.[Pt]. The smallest absolute Gasteiger partial charge is 0.127 e. The van der Waals surface area contributed by atoms with E-state index in [1.807, 2.05) is 18.3 Å². The Hall–Kier alpha value is -4.31. The standard InChI is InChI=1S/C49H46N3OS.Pt/c1-48(2,3)36-14-16-38(43(53)30-36)47-51-46-44(54-47)18-17-42-45(46)39-28-35(13-15-37(39)41-8-7-27-52(41)42)40-29-34(21-26-50-40)32-11-9-31(10-12-32)33-19-24-49(25-20-33)22-5-4-6-23-49;/h7-18,21,26-27,29-30,33,53H,4-6,19-20,22-25H2,1-3H3;/q-1;. The number of hydrogen-bond acceptors (Lipinski definition) is 4. The van der Waals surface area contributed by atoms with Crippen LogP contribution in [0.5, 0.6) is 5.75 Å². The number of hydrogen-bond donors (Lipinski definition) is 1. The molecule has 4 nitrogen and oxygen atoms in total. The maximum absolute atomic E-state index is 11.2. The van der Waals surface area contributed by atoms with E-state index in [0.717, 1.165) is 64.8 Å². The van der Waals surface area contributed by atoms with E-state index in [2.05, 4.69) is 116 Å². The van der Waals surface area contributed by atoms with Crippen LogP contribution in [0.4, 0.5) is 0 Å². The predicted molar refractivity (Wildman–Crippen MR) is 226 cm³/mol. The molecule has 2 aliphatic rings. The first-order valence-electron chi connectivity index (χ1n) is 19.8. The zero-order valence-corrected chi connectivity index (χ0v) is 34.9. The van der Waals surface area contributed by atoms with Crippen LogP contribution >= 0.6 is 11.3 Å². The molecule has 4 aromatic carbocycles. The van der Waals surface area contributed by atoms with Crippen molar-refractivity contribution in [3.8, 4) is 38.7 Å². The van der Waals surface area contributed by atoms with Crippen LogP contribution in [0.25, 0.3) is 70.4 Å². The van der Waals surface area contributed by atoms with Gasteiger partial charge in [0.25, 0.3) is 0 Å². The molecular weight excluding hydrogens is 874 g/mol. The number of pyridine rings is 2. The van der Waals surface area contributed by atoms with Crippen molar-refractivity contribution >= 4 is 48.7 Å². The summed E-state index contributed by atoms with van der Waals surface area (Å²) in [5.74, 6) is 0.952. The molecule has 0 bridgehead atoms. The van der Waals surface area contributed by atoms with Gasteiger partial charge in [-0.2, -0.15) is 0 Å². The number of phenols is 1. The van der Waals surface area contributed by atoms with Gasteiger partial charge >= 0.3 is 0 Å². The second-order valence-electron chi connectivity index (χ2n) is 17.1. The molecule has 0 unspecified atom stereocenters. The minimum atomic E-state index is -0.0552. The van der Waals surface area contributed by atoms with Gasteiger partial charge in [-0.3, -0.25) is 4.98 Å². The van der Waals surface area contributed by atoms with E-state index in [4.69, 9.17) is 9.97 Å². The van der Waals surface area contributed by atoms with Crippen LogP contribution in [0.2, 0.25) is 0 Å². The van der Waals surface area contributed by atoms with Gasteiger partial charge in [0.05, 0.1) is 11.1 Å². The van der Waals surface area contributed by atoms with Gasteiger partial charge in [-0.15, -0.1) is 34.9 Å². The molecule has 8 aromatic rings. The zero-order chi connectivity index (χ0) is 36.6. The van der Waals surface area contributed by atoms with Gasteiger partial charge in [0.15, 0.2) is 0 Å². The Balaban J connectivity index is 0.00000397. The van der Waals surface area contributed by atoms with Crippen molar-refractivity contribution in [2.75, 3.05) is 0 Å². The second kappa shape index (κ2) is 14.0. The monoisotopic (exact) mass is 919 g/mol. The Morgan fingerprint density at radius 1 is 0.818 bits per heavy atom. The number of nitrogens with zero attached hydrogens (tertiary/aromatic N) is 3. The maximum atomic E-state index is 11.2. The van der Waals surface area contributed by atoms with Crippen molar-refractivity contribution in [2.45, 2.75) is 89.9 Å². The minimum Gasteiger partial charge on any atom is -0.507 e. The van der Waals surface area contributed by atoms with Crippen LogP contribution in [0.15, 0.2) is 103 Å². The Kier molecular flexibility index (Phi) is 9.26. The molecule has 0 atom stereocenters. The first-order valence-corrected chi connectivity index (χ1v) is 20.6. The van der Waals surface area contributed by atoms with Gasteiger partial charge in [0.1, 0.15) is 10.8 Å². The molecule has 1 N–H and O–H groups in total. The minimum absolute atomic E-state index is 0. The van der Waals surface area contributed by atoms with Crippen molar-refractivity contribution < 1.29 is 26.2 Å². The third-order valence-electron chi connectivity index (χ3n) is 12.8. The summed E-state index contributed by atoms with van der Waals surface area (Å²) in [4.78, 5) is 10.1. The summed E-state index contributed by atoms with van der Waals surface area (Å²) in [5.41, 5.74) is 11.4. The fourth-order valence-electron chi connectivity index (χ4n) is 9.66. The van der Waals surface area contributed by atoms with E-state index in [1.54, 1.807) is 11.3 Å². The summed E-state index contributed by atoms with van der Waals surface area (Å²) >= 11 is 1.62. The molecule has 280 valence electrons. The van der Waals surface area contributed by atoms with Crippen LogP contribution in [0.1, 0.15) is 95.6 Å². The van der Waals surface area contributed by atoms with E-state index >= 15 is 0 Å². The number of aromatic hydroxyl groups is 1. The van der Waals surface area contributed by atoms with Gasteiger partial charge in [0.2, 0.25) is 0 Å². The molecule has 1 spiro atoms. The Morgan fingerprint density at radius 3 is 2.38 bits per heavy atom. The van der Waals surface area contributed by atoms with E-state index in [1.165, 1.54) is 74.5 Å². The Morgan fingerprint density at radius 2 is 1.62 bits per heavy atom. The fourth-order valence-corrected chi connectivity index (χ4v) is 10.7. The molecule has 10 rings (SSSR count). The van der Waals surface area contributed by atoms with E-state index < -0.39 is 0 Å². The van der Waals surface area contributed by atoms with E-state index in [9.17, 15) is 5.11 Å². The molecule has 4 heterocycles. The topological polar surface area (TPSA) is 50.4 Å². The molecule has 0 radical (unpaired) electrons. The Labute approximate surface area is 341 Å². The number of aromatic nitrogens is 3. The van der Waals surface area contributed by atoms with Crippen LogP contribution in [-0.4, -0.2) is 19.5 Å². The normalized spacial score (nSPS) is 16.3. The molecule has 6 heteroatoms. The number of fused-ring (bicyclic) bond motifs is 8. The van der Waals surface area contributed by atoms with Crippen molar-refractivity contribution in [1.29, 1.82) is 0 Å². The summed E-state index contributed by atoms with van der Waals surface area (Å²) in [6.45, 7) is 6.48. The van der Waals surface area contributed by atoms with Crippen molar-refractivity contribution in [2.24, 2.45) is 5.41 Å². The first kappa shape index (κ1) is 36.3. The number of phenolic OH excluding ortho intramolecular Hbond substituents is 1. The molecule has 4 aromatic heterocycles. The Bertz CT molecular complexity index is 2700. The molecule has 55 heavy (non-hydrogen) atoms. The number of rotatable bonds is 4. The van der Waals surface area contributed by atoms with Gasteiger partial charge in [0, 0.05) is 54.9 Å². The third kappa shape index (κ3) is 6.42. The van der Waals surface area contributed by atoms with E-state index in [0.29, 0.717) is 11.3 Å². The van der Waals surface area contributed by atoms with Gasteiger partial charge in [-0.1, -0.05) is 87.4 Å². The van der Waals surface area contributed by atoms with Crippen LogP contribution in [0, 0.1) is 11.5 Å². The largest absolute Gasteiger partial charge is 0.507 e. The molecule has 2 saturated carbocycles. The van der Waals surface area contributed by atoms with E-state index in [-0.39, 0.29) is 32.2 Å². The van der Waals surface area contributed by atoms with Crippen molar-refractivity contribution in [3.63, 3.8) is 0 Å². The number of thiazole rings is 1. The summed E-state index contributed by atoms with van der Waals surface area (Å²) in [5, 5.41) is 15.2. The van der Waals surface area contributed by atoms with Gasteiger partial charge < -0.3 is 9.51 Å². The second-order valence-corrected chi connectivity index (χ2v) is 18.1. The van der Waals surface area contributed by atoms with Gasteiger partial charge in [-0.05, 0) is 125 Å². The molecule has 0 aliphatic heterocycles. The van der Waals surface area contributed by atoms with Crippen LogP contribution < -0.4 is 0 Å². The molecular formula is C49H46N3OPtS-. The summed E-state index contributed by atoms with van der Waals surface area (Å²) < 4.78 is 3.33. The zero-order valence-electron chi connectivity index (χ0n) is 31.8. The van der Waals surface area contributed by atoms with Crippen molar-refractivity contribution in [3.05, 3.63) is 121 Å². The van der Waals surface area contributed by atoms with Crippen molar-refractivity contribution in [1.82, 2.24) is 14.4 Å². The quantitative estimate of drug-likeness (QED) is 0.141. The third-order valence-corrected chi connectivity index (χ3v) is 13.9. The van der Waals surface area contributed by atoms with Crippen LogP contribution in [0.3, 0.4) is 0 Å². The molecule has 0 saturated heterocycles. The summed E-state index contributed by atoms with van der Waals surface area (Å²) in [7, 11) is 0. The molecule has 0 amide bonds. The van der Waals surface area contributed by atoms with Crippen LogP contribution in [-0.2, 0) is 26.5 Å². The average molecular weight is 920 g/mol. The summed E-state index contributed by atoms with van der Waals surface area (Å²) in [6.07, 6.45) is 16.8. The number of benzene rings is 4. The first-order chi connectivity index (χ1) is 26.2. The fraction of sp³-hybridized carbons (Fsp3) is 0.306. The summed E-state index contributed by atoms with van der Waals surface area (Å²) in [6, 6.07) is 36.5. The molecule has 2 fully saturated rings. The van der Waals surface area contributed by atoms with Gasteiger partial charge in [-0.25, -0.2) is 4.98 Å². The molecule has 2 aliphatic carbocycles. The maximum Gasteiger partial charge on any atom is 0.127 e. The predicted octanol–water partition coefficient (Wildman–Crippen LogP) is 13.7.